The molecule has 0 aliphatic rings. The van der Waals surface area contributed by atoms with E-state index >= 15 is 0 Å². The highest BCUT2D eigenvalue weighted by molar-refractivity contribution is 5.59. The Hall–Kier alpha value is -1.26. The molecule has 0 bridgehead atoms. The summed E-state index contributed by atoms with van der Waals surface area (Å²) in [5.41, 5.74) is 3.84. The summed E-state index contributed by atoms with van der Waals surface area (Å²) < 4.78 is 0. The molecule has 1 aromatic rings. The number of nitrogens with zero attached hydrogens (tertiary/aromatic N) is 2. The van der Waals surface area contributed by atoms with E-state index in [1.165, 1.54) is 16.9 Å². The molecule has 0 spiro atoms. The third-order valence-electron chi connectivity index (χ3n) is 3.62. The summed E-state index contributed by atoms with van der Waals surface area (Å²) in [4.78, 5) is 4.45. The van der Waals surface area contributed by atoms with Gasteiger partial charge in [-0.3, -0.25) is 0 Å². The number of rotatable bonds is 11. The molecule has 0 radical (unpaired) electrons. The van der Waals surface area contributed by atoms with Crippen molar-refractivity contribution in [1.29, 1.82) is 0 Å². The van der Waals surface area contributed by atoms with Crippen molar-refractivity contribution in [3.05, 3.63) is 23.8 Å². The molecule has 0 saturated heterocycles. The lowest BCUT2D eigenvalue weighted by molar-refractivity contribution is 0.405. The zero-order valence-corrected chi connectivity index (χ0v) is 15.1. The lowest BCUT2D eigenvalue weighted by Crippen LogP contribution is -2.17. The highest BCUT2D eigenvalue weighted by Crippen LogP contribution is 2.19. The van der Waals surface area contributed by atoms with Crippen LogP contribution in [-0.4, -0.2) is 64.2 Å². The summed E-state index contributed by atoms with van der Waals surface area (Å²) >= 11 is 0. The van der Waals surface area contributed by atoms with E-state index in [1.54, 1.807) is 0 Å². The van der Waals surface area contributed by atoms with Crippen LogP contribution in [0.15, 0.2) is 18.2 Å². The Morgan fingerprint density at radius 1 is 0.773 bits per heavy atom. The van der Waals surface area contributed by atoms with Gasteiger partial charge in [-0.25, -0.2) is 0 Å². The number of anilines is 2. The van der Waals surface area contributed by atoms with Crippen molar-refractivity contribution in [2.24, 2.45) is 0 Å². The molecule has 4 heteroatoms. The van der Waals surface area contributed by atoms with Crippen LogP contribution < -0.4 is 10.6 Å². The van der Waals surface area contributed by atoms with Crippen LogP contribution in [0.25, 0.3) is 0 Å². The third-order valence-corrected chi connectivity index (χ3v) is 3.62. The predicted octanol–water partition coefficient (Wildman–Crippen LogP) is 2.98. The lowest BCUT2D eigenvalue weighted by Gasteiger charge is -2.15. The first-order chi connectivity index (χ1) is 10.5. The fourth-order valence-corrected chi connectivity index (χ4v) is 2.36. The molecular formula is C18H34N4. The smallest absolute Gasteiger partial charge is 0.0363 e. The Kier molecular flexibility index (Phi) is 8.94. The number of hydrogen-bond donors (Lipinski definition) is 2. The summed E-state index contributed by atoms with van der Waals surface area (Å²) in [7, 11) is 8.47. The molecule has 1 aromatic carbocycles. The van der Waals surface area contributed by atoms with Crippen molar-refractivity contribution in [1.82, 2.24) is 9.80 Å². The number of nitrogens with one attached hydrogen (secondary N) is 2. The van der Waals surface area contributed by atoms with Crippen molar-refractivity contribution in [2.45, 2.75) is 26.2 Å². The third kappa shape index (κ3) is 8.25. The Bertz CT molecular complexity index is 381. The summed E-state index contributed by atoms with van der Waals surface area (Å²) in [6.07, 6.45) is 3.39. The normalized spacial score (nSPS) is 11.2. The maximum Gasteiger partial charge on any atom is 0.0363 e. The van der Waals surface area contributed by atoms with Gasteiger partial charge in [0.15, 0.2) is 0 Å². The summed E-state index contributed by atoms with van der Waals surface area (Å²) in [5, 5.41) is 7.10. The topological polar surface area (TPSA) is 30.5 Å². The van der Waals surface area contributed by atoms with Crippen LogP contribution in [0, 0.1) is 0 Å². The fourth-order valence-electron chi connectivity index (χ4n) is 2.36. The van der Waals surface area contributed by atoms with Gasteiger partial charge in [0, 0.05) is 24.5 Å². The molecule has 0 saturated carbocycles. The van der Waals surface area contributed by atoms with Gasteiger partial charge < -0.3 is 20.4 Å². The van der Waals surface area contributed by atoms with Gasteiger partial charge in [-0.1, -0.05) is 6.92 Å². The molecule has 0 heterocycles. The Morgan fingerprint density at radius 3 is 1.59 bits per heavy atom. The van der Waals surface area contributed by atoms with E-state index in [1.807, 2.05) is 0 Å². The number of benzene rings is 1. The molecular weight excluding hydrogens is 272 g/mol. The van der Waals surface area contributed by atoms with Gasteiger partial charge in [-0.15, -0.1) is 0 Å². The van der Waals surface area contributed by atoms with E-state index in [0.717, 1.165) is 45.4 Å². The molecule has 0 aliphatic heterocycles. The van der Waals surface area contributed by atoms with E-state index < -0.39 is 0 Å². The molecule has 0 aromatic heterocycles. The SMILES string of the molecule is CCc1cc(NCCCN(C)C)cc(NCCCN(C)C)c1. The number of aryl methyl sites for hydroxylation is 1. The second kappa shape index (κ2) is 10.5. The first-order valence-corrected chi connectivity index (χ1v) is 8.42. The van der Waals surface area contributed by atoms with E-state index in [2.05, 4.69) is 73.7 Å². The molecule has 4 nitrogen and oxygen atoms in total. The molecule has 0 aliphatic carbocycles. The second-order valence-corrected chi connectivity index (χ2v) is 6.44. The molecule has 0 atom stereocenters. The lowest BCUT2D eigenvalue weighted by atomic mass is 10.1. The summed E-state index contributed by atoms with van der Waals surface area (Å²) in [6.45, 7) is 6.49. The fraction of sp³-hybridized carbons (Fsp3) is 0.667. The first kappa shape index (κ1) is 18.8. The largest absolute Gasteiger partial charge is 0.385 e. The first-order valence-electron chi connectivity index (χ1n) is 8.42. The maximum absolute atomic E-state index is 3.55. The highest BCUT2D eigenvalue weighted by Gasteiger charge is 2.01. The minimum atomic E-state index is 1.02. The molecule has 22 heavy (non-hydrogen) atoms. The Labute approximate surface area is 136 Å². The zero-order chi connectivity index (χ0) is 16.4. The molecule has 0 fully saturated rings. The van der Waals surface area contributed by atoms with Gasteiger partial charge in [0.05, 0.1) is 0 Å². The van der Waals surface area contributed by atoms with Gasteiger partial charge in [0.1, 0.15) is 0 Å². The van der Waals surface area contributed by atoms with E-state index in [-0.39, 0.29) is 0 Å². The van der Waals surface area contributed by atoms with Crippen LogP contribution in [-0.2, 0) is 6.42 Å². The van der Waals surface area contributed by atoms with Crippen LogP contribution in [0.5, 0.6) is 0 Å². The predicted molar refractivity (Wildman–Crippen MR) is 99.1 cm³/mol. The second-order valence-electron chi connectivity index (χ2n) is 6.44. The highest BCUT2D eigenvalue weighted by atomic mass is 15.1. The van der Waals surface area contributed by atoms with Crippen molar-refractivity contribution < 1.29 is 0 Å². The van der Waals surface area contributed by atoms with Crippen LogP contribution in [0.4, 0.5) is 11.4 Å². The zero-order valence-electron chi connectivity index (χ0n) is 15.1. The van der Waals surface area contributed by atoms with Crippen molar-refractivity contribution in [3.63, 3.8) is 0 Å². The van der Waals surface area contributed by atoms with Crippen molar-refractivity contribution in [3.8, 4) is 0 Å². The molecule has 126 valence electrons. The summed E-state index contributed by atoms with van der Waals surface area (Å²) in [5.74, 6) is 0. The average Bonchev–Trinajstić information content (AvgIpc) is 2.47. The van der Waals surface area contributed by atoms with Crippen molar-refractivity contribution in [2.75, 3.05) is 65.0 Å². The molecule has 0 amide bonds. The maximum atomic E-state index is 3.55. The van der Waals surface area contributed by atoms with Crippen molar-refractivity contribution >= 4 is 11.4 Å². The molecule has 2 N–H and O–H groups in total. The molecule has 0 unspecified atom stereocenters. The van der Waals surface area contributed by atoms with Crippen LogP contribution in [0.3, 0.4) is 0 Å². The van der Waals surface area contributed by atoms with Crippen LogP contribution in [0.1, 0.15) is 25.3 Å². The standard InChI is InChI=1S/C18H34N4/c1-6-16-13-17(19-9-7-11-21(2)3)15-18(14-16)20-10-8-12-22(4)5/h13-15,19-20H,6-12H2,1-5H3. The van der Waals surface area contributed by atoms with Gasteiger partial charge in [0.25, 0.3) is 0 Å². The average molecular weight is 306 g/mol. The van der Waals surface area contributed by atoms with E-state index in [0.29, 0.717) is 0 Å². The Balaban J connectivity index is 2.49. The number of hydrogen-bond acceptors (Lipinski definition) is 4. The quantitative estimate of drug-likeness (QED) is 0.615. The van der Waals surface area contributed by atoms with E-state index in [4.69, 9.17) is 0 Å². The van der Waals surface area contributed by atoms with Gasteiger partial charge in [0.2, 0.25) is 0 Å². The van der Waals surface area contributed by atoms with E-state index in [9.17, 15) is 0 Å². The van der Waals surface area contributed by atoms with Gasteiger partial charge >= 0.3 is 0 Å². The minimum Gasteiger partial charge on any atom is -0.385 e. The summed E-state index contributed by atoms with van der Waals surface area (Å²) in [6, 6.07) is 6.76. The Morgan fingerprint density at radius 2 is 1.23 bits per heavy atom. The van der Waals surface area contributed by atoms with Crippen LogP contribution >= 0.6 is 0 Å². The van der Waals surface area contributed by atoms with Gasteiger partial charge in [-0.05, 0) is 84.3 Å². The molecule has 1 rings (SSSR count). The van der Waals surface area contributed by atoms with Gasteiger partial charge in [-0.2, -0.15) is 0 Å². The van der Waals surface area contributed by atoms with Crippen LogP contribution in [0.2, 0.25) is 0 Å². The minimum absolute atomic E-state index is 1.02. The monoisotopic (exact) mass is 306 g/mol.